The van der Waals surface area contributed by atoms with Gasteiger partial charge in [0.15, 0.2) is 17.5 Å². The Morgan fingerprint density at radius 1 is 0.318 bits per heavy atom. The summed E-state index contributed by atoms with van der Waals surface area (Å²) in [5.41, 5.74) is 10.4. The summed E-state index contributed by atoms with van der Waals surface area (Å²) in [6.45, 7) is 0. The molecule has 0 bridgehead atoms. The number of rotatable bonds is 4. The molecule has 10 aromatic carbocycles. The van der Waals surface area contributed by atoms with E-state index >= 15 is 0 Å². The molecule has 0 saturated heterocycles. The van der Waals surface area contributed by atoms with Crippen LogP contribution in [0.1, 0.15) is 0 Å². The van der Waals surface area contributed by atoms with Crippen molar-refractivity contribution in [1.29, 1.82) is 0 Å². The van der Waals surface area contributed by atoms with Crippen LogP contribution in [0.25, 0.3) is 149 Å². The standard InChI is InChI=1S/C59H32N4O3/c1-2-13-34-31-48-45(29-33(34)12-1)39-14-3-7-19-47(39)63(48)37-25-27-38-36(28-37)30-46(56-55(38)43-17-6-10-22-51(43)66-56)59-61-57(35-24-26-41-40-15-4-8-20-49(40)65-53(41)32-35)60-58(62-59)44-18-11-23-52-54(44)42-16-5-9-21-50(42)64-52/h1-32H. The summed E-state index contributed by atoms with van der Waals surface area (Å²) < 4.78 is 22.0. The molecule has 0 N–H and O–H groups in total. The van der Waals surface area contributed by atoms with Crippen LogP contribution >= 0.6 is 0 Å². The van der Waals surface area contributed by atoms with Gasteiger partial charge in [-0.15, -0.1) is 0 Å². The Morgan fingerprint density at radius 2 is 0.924 bits per heavy atom. The quantitative estimate of drug-likeness (QED) is 0.175. The van der Waals surface area contributed by atoms with Crippen molar-refractivity contribution in [3.8, 4) is 39.9 Å². The first kappa shape index (κ1) is 35.4. The maximum atomic E-state index is 6.87. The molecule has 0 fully saturated rings. The number of hydrogen-bond acceptors (Lipinski definition) is 6. The molecule has 5 aromatic heterocycles. The minimum Gasteiger partial charge on any atom is -0.456 e. The normalized spacial score (nSPS) is 12.2. The topological polar surface area (TPSA) is 83.0 Å². The van der Waals surface area contributed by atoms with E-state index < -0.39 is 0 Å². The van der Waals surface area contributed by atoms with Crippen LogP contribution in [0.5, 0.6) is 0 Å². The molecule has 0 aliphatic carbocycles. The van der Waals surface area contributed by atoms with Gasteiger partial charge in [0, 0.05) is 59.9 Å². The highest BCUT2D eigenvalue weighted by Gasteiger charge is 2.23. The van der Waals surface area contributed by atoms with E-state index in [1.165, 1.54) is 21.5 Å². The predicted molar refractivity (Wildman–Crippen MR) is 267 cm³/mol. The summed E-state index contributed by atoms with van der Waals surface area (Å²) in [4.78, 5) is 16.0. The molecular formula is C59H32N4O3. The molecule has 7 nitrogen and oxygen atoms in total. The highest BCUT2D eigenvalue weighted by Crippen LogP contribution is 2.44. The SMILES string of the molecule is c1ccc2cc3c(cc2c1)c1ccccc1n3-c1ccc2c(c1)cc(-c1nc(-c3ccc4c(c3)oc3ccccc34)nc(-c3cccc4oc5ccccc5c34)n1)c1oc3ccccc3c12. The van der Waals surface area contributed by atoms with E-state index in [4.69, 9.17) is 28.2 Å². The maximum absolute atomic E-state index is 6.87. The van der Waals surface area contributed by atoms with Gasteiger partial charge in [0.1, 0.15) is 33.5 Å². The van der Waals surface area contributed by atoms with Gasteiger partial charge >= 0.3 is 0 Å². The summed E-state index contributed by atoms with van der Waals surface area (Å²) >= 11 is 0. The van der Waals surface area contributed by atoms with E-state index in [0.717, 1.165) is 104 Å². The van der Waals surface area contributed by atoms with Crippen molar-refractivity contribution in [1.82, 2.24) is 19.5 Å². The summed E-state index contributed by atoms with van der Waals surface area (Å²) in [6, 6.07) is 67.5. The van der Waals surface area contributed by atoms with E-state index in [2.05, 4.69) is 132 Å². The second-order valence-electron chi connectivity index (χ2n) is 17.1. The lowest BCUT2D eigenvalue weighted by molar-refractivity contribution is 0.668. The lowest BCUT2D eigenvalue weighted by Gasteiger charge is -2.13. The fourth-order valence-corrected chi connectivity index (χ4v) is 10.4. The van der Waals surface area contributed by atoms with Gasteiger partial charge in [-0.05, 0) is 94.3 Å². The number of benzene rings is 10. The maximum Gasteiger partial charge on any atom is 0.167 e. The van der Waals surface area contributed by atoms with Crippen LogP contribution in [-0.4, -0.2) is 19.5 Å². The van der Waals surface area contributed by atoms with Crippen LogP contribution in [0.2, 0.25) is 0 Å². The summed E-state index contributed by atoms with van der Waals surface area (Å²) in [6.07, 6.45) is 0. The number of nitrogens with zero attached hydrogens (tertiary/aromatic N) is 4. The molecule has 0 spiro atoms. The van der Waals surface area contributed by atoms with E-state index in [1.807, 2.05) is 66.7 Å². The number of furan rings is 3. The van der Waals surface area contributed by atoms with Crippen molar-refractivity contribution in [2.45, 2.75) is 0 Å². The van der Waals surface area contributed by atoms with E-state index in [-0.39, 0.29) is 0 Å². The van der Waals surface area contributed by atoms with Crippen LogP contribution < -0.4 is 0 Å². The Labute approximate surface area is 374 Å². The summed E-state index contributed by atoms with van der Waals surface area (Å²) in [7, 11) is 0. The lowest BCUT2D eigenvalue weighted by atomic mass is 9.99. The molecule has 0 atom stereocenters. The largest absolute Gasteiger partial charge is 0.456 e. The second kappa shape index (κ2) is 13.2. The van der Waals surface area contributed by atoms with E-state index in [9.17, 15) is 0 Å². The third-order valence-corrected chi connectivity index (χ3v) is 13.4. The number of aromatic nitrogens is 4. The highest BCUT2D eigenvalue weighted by molar-refractivity contribution is 6.23. The minimum absolute atomic E-state index is 0.490. The van der Waals surface area contributed by atoms with Crippen LogP contribution in [0.15, 0.2) is 207 Å². The zero-order valence-corrected chi connectivity index (χ0v) is 35.0. The monoisotopic (exact) mass is 844 g/mol. The van der Waals surface area contributed by atoms with Gasteiger partial charge in [0.2, 0.25) is 0 Å². The molecule has 0 unspecified atom stereocenters. The zero-order valence-electron chi connectivity index (χ0n) is 35.0. The Hall–Kier alpha value is -9.07. The Morgan fingerprint density at radius 3 is 1.76 bits per heavy atom. The molecule has 5 heterocycles. The first-order valence-corrected chi connectivity index (χ1v) is 22.1. The van der Waals surface area contributed by atoms with Gasteiger partial charge in [0.25, 0.3) is 0 Å². The third-order valence-electron chi connectivity index (χ3n) is 13.4. The van der Waals surface area contributed by atoms with Crippen LogP contribution in [0.3, 0.4) is 0 Å². The fourth-order valence-electron chi connectivity index (χ4n) is 10.4. The first-order chi connectivity index (χ1) is 32.7. The smallest absolute Gasteiger partial charge is 0.167 e. The van der Waals surface area contributed by atoms with Gasteiger partial charge < -0.3 is 17.8 Å². The summed E-state index contributed by atoms with van der Waals surface area (Å²) in [5.74, 6) is 1.52. The van der Waals surface area contributed by atoms with Gasteiger partial charge in [-0.3, -0.25) is 0 Å². The number of para-hydroxylation sites is 4. The molecular weight excluding hydrogens is 813 g/mol. The molecule has 0 radical (unpaired) electrons. The van der Waals surface area contributed by atoms with E-state index in [0.29, 0.717) is 23.1 Å². The predicted octanol–water partition coefficient (Wildman–Crippen LogP) is 16.0. The summed E-state index contributed by atoms with van der Waals surface area (Å²) in [5, 5.41) is 13.0. The molecule has 66 heavy (non-hydrogen) atoms. The van der Waals surface area contributed by atoms with Crippen molar-refractivity contribution in [3.05, 3.63) is 194 Å². The lowest BCUT2D eigenvalue weighted by Crippen LogP contribution is -2.01. The van der Waals surface area contributed by atoms with Gasteiger partial charge in [-0.25, -0.2) is 15.0 Å². The van der Waals surface area contributed by atoms with Crippen molar-refractivity contribution >= 4 is 109 Å². The highest BCUT2D eigenvalue weighted by atomic mass is 16.3. The van der Waals surface area contributed by atoms with Gasteiger partial charge in [-0.1, -0.05) is 121 Å². The number of hydrogen-bond donors (Lipinski definition) is 0. The van der Waals surface area contributed by atoms with Crippen molar-refractivity contribution in [3.63, 3.8) is 0 Å². The zero-order chi connectivity index (χ0) is 43.0. The average molecular weight is 845 g/mol. The average Bonchev–Trinajstić information content (AvgIpc) is 4.14. The van der Waals surface area contributed by atoms with E-state index in [1.54, 1.807) is 0 Å². The molecule has 0 amide bonds. The molecule has 306 valence electrons. The van der Waals surface area contributed by atoms with Gasteiger partial charge in [0.05, 0.1) is 16.6 Å². The number of fused-ring (bicyclic) bond motifs is 15. The van der Waals surface area contributed by atoms with Crippen molar-refractivity contribution in [2.75, 3.05) is 0 Å². The first-order valence-electron chi connectivity index (χ1n) is 22.1. The Balaban J connectivity index is 1.02. The third kappa shape index (κ3) is 5.05. The van der Waals surface area contributed by atoms with Crippen molar-refractivity contribution < 1.29 is 13.3 Å². The second-order valence-corrected chi connectivity index (χ2v) is 17.1. The molecule has 15 rings (SSSR count). The minimum atomic E-state index is 0.490. The molecule has 0 aliphatic heterocycles. The van der Waals surface area contributed by atoms with Crippen LogP contribution in [0, 0.1) is 0 Å². The van der Waals surface area contributed by atoms with Crippen LogP contribution in [-0.2, 0) is 0 Å². The Bertz CT molecular complexity index is 4550. The van der Waals surface area contributed by atoms with Crippen LogP contribution in [0.4, 0.5) is 0 Å². The molecule has 7 heteroatoms. The molecule has 0 aliphatic rings. The molecule has 0 saturated carbocycles. The van der Waals surface area contributed by atoms with Gasteiger partial charge in [-0.2, -0.15) is 0 Å². The Kier molecular flexibility index (Phi) is 7.10. The van der Waals surface area contributed by atoms with Crippen molar-refractivity contribution in [2.24, 2.45) is 0 Å². The molecule has 15 aromatic rings. The fraction of sp³-hybridized carbons (Fsp3) is 0.